The van der Waals surface area contributed by atoms with Gasteiger partial charge in [0.25, 0.3) is 0 Å². The third-order valence-electron chi connectivity index (χ3n) is 5.23. The van der Waals surface area contributed by atoms with Crippen molar-refractivity contribution in [3.63, 3.8) is 0 Å². The summed E-state index contributed by atoms with van der Waals surface area (Å²) in [6.45, 7) is 0.149. The van der Waals surface area contributed by atoms with Crippen LogP contribution in [0.25, 0.3) is 0 Å². The van der Waals surface area contributed by atoms with Crippen molar-refractivity contribution in [3.05, 3.63) is 71.9 Å². The first-order valence-corrected chi connectivity index (χ1v) is 10.6. The topological polar surface area (TPSA) is 56.3 Å². The van der Waals surface area contributed by atoms with Gasteiger partial charge in [0.05, 0.1) is 6.10 Å². The Morgan fingerprint density at radius 3 is 2.50 bits per heavy atom. The molecule has 0 aliphatic heterocycles. The molecule has 4 rings (SSSR count). The fraction of sp³-hybridized carbons (Fsp3) is 0.333. The molecule has 8 heteroatoms. The quantitative estimate of drug-likeness (QED) is 0.450. The van der Waals surface area contributed by atoms with E-state index in [1.165, 1.54) is 6.42 Å². The number of alkyl halides is 3. The molecule has 0 saturated heterocycles. The second-order valence-electron chi connectivity index (χ2n) is 7.72. The molecule has 32 heavy (non-hydrogen) atoms. The Balaban J connectivity index is 1.52. The number of aromatic nitrogens is 2. The van der Waals surface area contributed by atoms with Crippen LogP contribution in [-0.2, 0) is 12.8 Å². The highest BCUT2D eigenvalue weighted by molar-refractivity contribution is 5.61. The number of anilines is 2. The molecule has 1 saturated carbocycles. The average molecular weight is 443 g/mol. The second-order valence-corrected chi connectivity index (χ2v) is 7.72. The number of ether oxygens (including phenoxy) is 2. The van der Waals surface area contributed by atoms with Crippen LogP contribution in [0.2, 0.25) is 0 Å². The fourth-order valence-electron chi connectivity index (χ4n) is 3.62. The van der Waals surface area contributed by atoms with Gasteiger partial charge in [0.15, 0.2) is 0 Å². The maximum absolute atomic E-state index is 13.5. The highest BCUT2D eigenvalue weighted by atomic mass is 19.4. The zero-order valence-corrected chi connectivity index (χ0v) is 17.4. The smallest absolute Gasteiger partial charge is 0.421 e. The Bertz CT molecular complexity index is 1020. The number of rotatable bonds is 7. The molecule has 1 fully saturated rings. The summed E-state index contributed by atoms with van der Waals surface area (Å²) in [5.41, 5.74) is 0.331. The van der Waals surface area contributed by atoms with Gasteiger partial charge >= 0.3 is 12.2 Å². The molecule has 3 aromatic rings. The molecular formula is C24H24F3N3O2. The molecule has 0 radical (unpaired) electrons. The third kappa shape index (κ3) is 5.90. The number of hydrogen-bond acceptors (Lipinski definition) is 5. The van der Waals surface area contributed by atoms with Gasteiger partial charge in [-0.15, -0.1) is 0 Å². The number of nitrogens with one attached hydrogen (secondary N) is 1. The number of benzene rings is 2. The average Bonchev–Trinajstić information content (AvgIpc) is 2.79. The van der Waals surface area contributed by atoms with Crippen molar-refractivity contribution in [2.75, 3.05) is 5.32 Å². The van der Waals surface area contributed by atoms with E-state index in [0.29, 0.717) is 11.4 Å². The molecule has 1 aliphatic rings. The Morgan fingerprint density at radius 2 is 1.75 bits per heavy atom. The molecule has 1 aliphatic carbocycles. The van der Waals surface area contributed by atoms with Crippen LogP contribution >= 0.6 is 0 Å². The normalized spacial score (nSPS) is 14.7. The van der Waals surface area contributed by atoms with Crippen molar-refractivity contribution in [3.8, 4) is 11.8 Å². The predicted octanol–water partition coefficient (Wildman–Crippen LogP) is 6.53. The first-order valence-electron chi connectivity index (χ1n) is 10.6. The molecule has 5 nitrogen and oxygen atoms in total. The molecule has 0 bridgehead atoms. The largest absolute Gasteiger partial charge is 0.490 e. The summed E-state index contributed by atoms with van der Waals surface area (Å²) in [5.74, 6) is 0.246. The van der Waals surface area contributed by atoms with Gasteiger partial charge in [0, 0.05) is 18.0 Å². The van der Waals surface area contributed by atoms with Crippen molar-refractivity contribution in [2.24, 2.45) is 0 Å². The zero-order valence-electron chi connectivity index (χ0n) is 17.4. The minimum atomic E-state index is -4.61. The van der Waals surface area contributed by atoms with E-state index in [0.717, 1.165) is 37.4 Å². The van der Waals surface area contributed by atoms with Crippen LogP contribution in [0.5, 0.6) is 11.8 Å². The minimum absolute atomic E-state index is 0.140. The van der Waals surface area contributed by atoms with Crippen molar-refractivity contribution in [1.29, 1.82) is 0 Å². The van der Waals surface area contributed by atoms with Crippen molar-refractivity contribution >= 4 is 11.5 Å². The lowest BCUT2D eigenvalue weighted by Crippen LogP contribution is -2.19. The highest BCUT2D eigenvalue weighted by Gasteiger charge is 2.35. The molecule has 1 aromatic heterocycles. The fourth-order valence-corrected chi connectivity index (χ4v) is 3.62. The summed E-state index contributed by atoms with van der Waals surface area (Å²) >= 11 is 0. The molecule has 1 heterocycles. The van der Waals surface area contributed by atoms with Crippen LogP contribution in [0.4, 0.5) is 24.7 Å². The molecule has 0 spiro atoms. The third-order valence-corrected chi connectivity index (χ3v) is 5.23. The van der Waals surface area contributed by atoms with Crippen LogP contribution in [0, 0.1) is 0 Å². The molecule has 0 amide bonds. The second kappa shape index (κ2) is 9.89. The number of hydrogen-bond donors (Lipinski definition) is 1. The molecule has 0 atom stereocenters. The Morgan fingerprint density at radius 1 is 0.969 bits per heavy atom. The van der Waals surface area contributed by atoms with Gasteiger partial charge in [0.1, 0.15) is 23.7 Å². The lowest BCUT2D eigenvalue weighted by molar-refractivity contribution is -0.137. The van der Waals surface area contributed by atoms with E-state index in [2.05, 4.69) is 15.3 Å². The van der Waals surface area contributed by atoms with E-state index in [1.54, 1.807) is 24.3 Å². The van der Waals surface area contributed by atoms with Gasteiger partial charge in [-0.3, -0.25) is 0 Å². The zero-order chi connectivity index (χ0) is 22.4. The van der Waals surface area contributed by atoms with Gasteiger partial charge in [-0.1, -0.05) is 42.8 Å². The summed E-state index contributed by atoms with van der Waals surface area (Å²) in [7, 11) is 0. The van der Waals surface area contributed by atoms with Crippen LogP contribution in [-0.4, -0.2) is 16.1 Å². The summed E-state index contributed by atoms with van der Waals surface area (Å²) in [4.78, 5) is 7.73. The first-order chi connectivity index (χ1) is 15.5. The Labute approximate surface area is 184 Å². The maximum atomic E-state index is 13.5. The summed E-state index contributed by atoms with van der Waals surface area (Å²) in [5, 5.41) is 2.76. The van der Waals surface area contributed by atoms with Gasteiger partial charge in [0.2, 0.25) is 0 Å². The van der Waals surface area contributed by atoms with Crippen molar-refractivity contribution in [1.82, 2.24) is 9.97 Å². The van der Waals surface area contributed by atoms with E-state index in [9.17, 15) is 13.2 Å². The standard InChI is InChI=1S/C24H24F3N3O2/c25-24(26,27)21-15-28-23(31-16-17-8-3-1-4-9-17)30-22(21)29-18-10-7-13-20(14-18)32-19-11-5-2-6-12-19/h1,3-4,7-10,13-15,19H,2,5-6,11-12,16H2,(H,28,29,30). The van der Waals surface area contributed by atoms with Gasteiger partial charge in [-0.05, 0) is 43.4 Å². The maximum Gasteiger partial charge on any atom is 0.421 e. The van der Waals surface area contributed by atoms with Gasteiger partial charge in [-0.25, -0.2) is 4.98 Å². The lowest BCUT2D eigenvalue weighted by atomic mass is 9.98. The van der Waals surface area contributed by atoms with E-state index in [1.807, 2.05) is 30.3 Å². The molecule has 0 unspecified atom stereocenters. The van der Waals surface area contributed by atoms with Crippen LogP contribution < -0.4 is 14.8 Å². The summed E-state index contributed by atoms with van der Waals surface area (Å²) < 4.78 is 52.1. The SMILES string of the molecule is FC(F)(F)c1cnc(OCc2ccccc2)nc1Nc1cccc(OC2CCCCC2)c1. The monoisotopic (exact) mass is 443 g/mol. The number of nitrogens with zero attached hydrogens (tertiary/aromatic N) is 2. The highest BCUT2D eigenvalue weighted by Crippen LogP contribution is 2.36. The predicted molar refractivity (Wildman–Crippen MR) is 115 cm³/mol. The first kappa shape index (κ1) is 21.9. The Hall–Kier alpha value is -3.29. The molecular weight excluding hydrogens is 419 g/mol. The van der Waals surface area contributed by atoms with E-state index in [-0.39, 0.29) is 24.5 Å². The summed E-state index contributed by atoms with van der Waals surface area (Å²) in [6, 6.07) is 16.0. The summed E-state index contributed by atoms with van der Waals surface area (Å²) in [6.07, 6.45) is 1.71. The van der Waals surface area contributed by atoms with E-state index >= 15 is 0 Å². The van der Waals surface area contributed by atoms with E-state index in [4.69, 9.17) is 9.47 Å². The molecule has 1 N–H and O–H groups in total. The Kier molecular flexibility index (Phi) is 6.78. The van der Waals surface area contributed by atoms with Crippen molar-refractivity contribution < 1.29 is 22.6 Å². The van der Waals surface area contributed by atoms with Crippen LogP contribution in [0.3, 0.4) is 0 Å². The van der Waals surface area contributed by atoms with Crippen LogP contribution in [0.1, 0.15) is 43.2 Å². The lowest BCUT2D eigenvalue weighted by Gasteiger charge is -2.23. The van der Waals surface area contributed by atoms with Crippen LogP contribution in [0.15, 0.2) is 60.8 Å². The number of halogens is 3. The molecule has 168 valence electrons. The van der Waals surface area contributed by atoms with Gasteiger partial charge in [-0.2, -0.15) is 18.2 Å². The molecule has 2 aromatic carbocycles. The van der Waals surface area contributed by atoms with Gasteiger partial charge < -0.3 is 14.8 Å². The van der Waals surface area contributed by atoms with E-state index < -0.39 is 11.7 Å². The minimum Gasteiger partial charge on any atom is -0.490 e. The van der Waals surface area contributed by atoms with Crippen molar-refractivity contribution in [2.45, 2.75) is 51.0 Å².